The molecule has 2 nitrogen and oxygen atoms in total. The number of halogens is 1. The lowest BCUT2D eigenvalue weighted by molar-refractivity contribution is 0.152. The van der Waals surface area contributed by atoms with Crippen molar-refractivity contribution in [1.29, 1.82) is 0 Å². The Morgan fingerprint density at radius 3 is 2.53 bits per heavy atom. The number of hydrogen-bond donors (Lipinski definition) is 1. The number of benzene rings is 1. The normalized spacial score (nSPS) is 14.9. The van der Waals surface area contributed by atoms with Crippen LogP contribution in [-0.4, -0.2) is 24.0 Å². The van der Waals surface area contributed by atoms with Crippen LogP contribution in [0.1, 0.15) is 38.8 Å². The Bertz CT molecular complexity index is 341. The van der Waals surface area contributed by atoms with E-state index in [9.17, 15) is 0 Å². The topological polar surface area (TPSA) is 29.3 Å². The van der Waals surface area contributed by atoms with Gasteiger partial charge in [0.1, 0.15) is 0 Å². The third-order valence-electron chi connectivity index (χ3n) is 3.38. The molecule has 96 valence electrons. The monoisotopic (exact) mass is 298 g/mol. The fourth-order valence-electron chi connectivity index (χ4n) is 2.25. The summed E-state index contributed by atoms with van der Waals surface area (Å²) in [5.74, 6) is 0. The minimum atomic E-state index is 0.312. The molecule has 0 radical (unpaired) electrons. The van der Waals surface area contributed by atoms with Gasteiger partial charge in [-0.3, -0.25) is 4.90 Å². The van der Waals surface area contributed by atoms with Crippen LogP contribution in [0.15, 0.2) is 28.7 Å². The van der Waals surface area contributed by atoms with Gasteiger partial charge in [0.15, 0.2) is 0 Å². The maximum absolute atomic E-state index is 5.97. The highest BCUT2D eigenvalue weighted by Gasteiger charge is 2.21. The summed E-state index contributed by atoms with van der Waals surface area (Å²) >= 11 is 3.53. The van der Waals surface area contributed by atoms with Gasteiger partial charge in [0.2, 0.25) is 0 Å². The molecule has 1 aromatic rings. The Morgan fingerprint density at radius 1 is 1.35 bits per heavy atom. The van der Waals surface area contributed by atoms with E-state index in [0.29, 0.717) is 18.6 Å². The van der Waals surface area contributed by atoms with E-state index in [4.69, 9.17) is 5.73 Å². The summed E-state index contributed by atoms with van der Waals surface area (Å²) in [4.78, 5) is 2.47. The molecule has 0 aliphatic heterocycles. The van der Waals surface area contributed by atoms with Crippen LogP contribution in [0.5, 0.6) is 0 Å². The Kier molecular flexibility index (Phi) is 6.17. The van der Waals surface area contributed by atoms with Gasteiger partial charge in [-0.1, -0.05) is 41.9 Å². The molecule has 1 aromatic carbocycles. The van der Waals surface area contributed by atoms with E-state index >= 15 is 0 Å². The second-order valence-electron chi connectivity index (χ2n) is 4.39. The van der Waals surface area contributed by atoms with Crippen LogP contribution < -0.4 is 5.73 Å². The smallest absolute Gasteiger partial charge is 0.0473 e. The van der Waals surface area contributed by atoms with Gasteiger partial charge in [-0.25, -0.2) is 0 Å². The largest absolute Gasteiger partial charge is 0.329 e. The van der Waals surface area contributed by atoms with Crippen LogP contribution in [0.4, 0.5) is 0 Å². The third-order valence-corrected chi connectivity index (χ3v) is 3.87. The molecule has 0 aliphatic carbocycles. The molecule has 0 saturated heterocycles. The van der Waals surface area contributed by atoms with E-state index in [-0.39, 0.29) is 0 Å². The minimum Gasteiger partial charge on any atom is -0.329 e. The number of hydrogen-bond acceptors (Lipinski definition) is 2. The van der Waals surface area contributed by atoms with Gasteiger partial charge in [-0.05, 0) is 37.6 Å². The molecular weight excluding hydrogens is 276 g/mol. The van der Waals surface area contributed by atoms with Gasteiger partial charge in [0.05, 0.1) is 0 Å². The second kappa shape index (κ2) is 7.14. The van der Waals surface area contributed by atoms with Crippen molar-refractivity contribution in [2.24, 2.45) is 5.73 Å². The maximum Gasteiger partial charge on any atom is 0.0473 e. The highest BCUT2D eigenvalue weighted by atomic mass is 79.9. The second-order valence-corrected chi connectivity index (χ2v) is 5.31. The van der Waals surface area contributed by atoms with Gasteiger partial charge in [-0.15, -0.1) is 0 Å². The van der Waals surface area contributed by atoms with Crippen molar-refractivity contribution in [3.8, 4) is 0 Å². The Hall–Kier alpha value is -0.380. The van der Waals surface area contributed by atoms with E-state index < -0.39 is 0 Å². The zero-order valence-electron chi connectivity index (χ0n) is 11.0. The lowest BCUT2D eigenvalue weighted by Crippen LogP contribution is -2.39. The Labute approximate surface area is 113 Å². The molecule has 0 spiro atoms. The van der Waals surface area contributed by atoms with E-state index in [0.717, 1.165) is 17.4 Å². The molecule has 0 bridgehead atoms. The fourth-order valence-corrected chi connectivity index (χ4v) is 2.67. The van der Waals surface area contributed by atoms with Crippen molar-refractivity contribution < 1.29 is 0 Å². The van der Waals surface area contributed by atoms with E-state index in [1.54, 1.807) is 0 Å². The van der Waals surface area contributed by atoms with Crippen molar-refractivity contribution in [3.63, 3.8) is 0 Å². The van der Waals surface area contributed by atoms with Crippen LogP contribution in [0.3, 0.4) is 0 Å². The number of rotatable bonds is 6. The summed E-state index contributed by atoms with van der Waals surface area (Å²) < 4.78 is 1.12. The van der Waals surface area contributed by atoms with Gasteiger partial charge < -0.3 is 5.73 Å². The molecule has 2 N–H and O–H groups in total. The average Bonchev–Trinajstić information content (AvgIpc) is 2.34. The summed E-state index contributed by atoms with van der Waals surface area (Å²) in [7, 11) is 0. The maximum atomic E-state index is 5.97. The van der Waals surface area contributed by atoms with Crippen molar-refractivity contribution in [2.45, 2.75) is 39.3 Å². The van der Waals surface area contributed by atoms with Crippen LogP contribution in [0.25, 0.3) is 0 Å². The molecular formula is C14H23BrN2. The first-order valence-electron chi connectivity index (χ1n) is 6.35. The van der Waals surface area contributed by atoms with Crippen LogP contribution in [0.2, 0.25) is 0 Å². The highest BCUT2D eigenvalue weighted by molar-refractivity contribution is 9.10. The summed E-state index contributed by atoms with van der Waals surface area (Å²) in [5.41, 5.74) is 7.26. The van der Waals surface area contributed by atoms with E-state index in [2.05, 4.69) is 65.9 Å². The third kappa shape index (κ3) is 3.80. The Morgan fingerprint density at radius 2 is 2.06 bits per heavy atom. The molecule has 17 heavy (non-hydrogen) atoms. The summed E-state index contributed by atoms with van der Waals surface area (Å²) in [6.45, 7) is 8.39. The number of nitrogens with two attached hydrogens (primary N) is 1. The Balaban J connectivity index is 2.96. The zero-order chi connectivity index (χ0) is 12.8. The van der Waals surface area contributed by atoms with E-state index in [1.807, 2.05) is 0 Å². The first-order chi connectivity index (χ1) is 8.13. The minimum absolute atomic E-state index is 0.312. The number of nitrogens with zero attached hydrogens (tertiary/aromatic N) is 1. The first kappa shape index (κ1) is 14.7. The molecule has 3 heteroatoms. The summed E-state index contributed by atoms with van der Waals surface area (Å²) in [6, 6.07) is 9.33. The van der Waals surface area contributed by atoms with Crippen LogP contribution in [0, 0.1) is 0 Å². The standard InChI is InChI=1S/C14H23BrN2/c1-4-11(3)17(5-2)14(10-16)12-7-6-8-13(15)9-12/h6-9,11,14H,4-5,10,16H2,1-3H3. The molecule has 2 atom stereocenters. The average molecular weight is 299 g/mol. The van der Waals surface area contributed by atoms with Gasteiger partial charge in [0, 0.05) is 23.1 Å². The SMILES string of the molecule is CCC(C)N(CC)C(CN)c1cccc(Br)c1. The molecule has 0 amide bonds. The lowest BCUT2D eigenvalue weighted by atomic mass is 10.0. The van der Waals surface area contributed by atoms with Gasteiger partial charge in [0.25, 0.3) is 0 Å². The molecule has 2 unspecified atom stereocenters. The van der Waals surface area contributed by atoms with Crippen molar-refractivity contribution in [3.05, 3.63) is 34.3 Å². The van der Waals surface area contributed by atoms with Gasteiger partial charge in [-0.2, -0.15) is 0 Å². The molecule has 1 rings (SSSR count). The quantitative estimate of drug-likeness (QED) is 0.870. The molecule has 0 aromatic heterocycles. The lowest BCUT2D eigenvalue weighted by Gasteiger charge is -2.35. The van der Waals surface area contributed by atoms with Crippen molar-refractivity contribution in [2.75, 3.05) is 13.1 Å². The molecule has 0 fully saturated rings. The van der Waals surface area contributed by atoms with Crippen LogP contribution >= 0.6 is 15.9 Å². The predicted molar refractivity (Wildman–Crippen MR) is 78.1 cm³/mol. The molecule has 0 heterocycles. The number of likely N-dealkylation sites (N-methyl/N-ethyl adjacent to an activating group) is 1. The predicted octanol–water partition coefficient (Wildman–Crippen LogP) is 3.57. The van der Waals surface area contributed by atoms with Crippen molar-refractivity contribution >= 4 is 15.9 Å². The van der Waals surface area contributed by atoms with Crippen molar-refractivity contribution in [1.82, 2.24) is 4.90 Å². The fraction of sp³-hybridized carbons (Fsp3) is 0.571. The summed E-state index contributed by atoms with van der Waals surface area (Å²) in [6.07, 6.45) is 1.15. The molecule has 0 saturated carbocycles. The van der Waals surface area contributed by atoms with Gasteiger partial charge >= 0.3 is 0 Å². The first-order valence-corrected chi connectivity index (χ1v) is 7.14. The molecule has 0 aliphatic rings. The van der Waals surface area contributed by atoms with E-state index in [1.165, 1.54) is 5.56 Å². The summed E-state index contributed by atoms with van der Waals surface area (Å²) in [5, 5.41) is 0. The highest BCUT2D eigenvalue weighted by Crippen LogP contribution is 2.25. The zero-order valence-corrected chi connectivity index (χ0v) is 12.6. The van der Waals surface area contributed by atoms with Crippen LogP contribution in [-0.2, 0) is 0 Å².